The molecule has 11 nitrogen and oxygen atoms in total. The van der Waals surface area contributed by atoms with Crippen LogP contribution in [0.2, 0.25) is 0 Å². The second-order valence-electron chi connectivity index (χ2n) is 12.3. The Morgan fingerprint density at radius 3 is 2.68 bits per heavy atom. The number of piperidine rings is 1. The maximum Gasteiger partial charge on any atom is 0.407 e. The number of fused-ring (bicyclic) bond motifs is 2. The summed E-state index contributed by atoms with van der Waals surface area (Å²) in [5, 5.41) is 14.0. The standard InChI is InChI=1S/C37H33F2N5O6/c1-4-6-30(46)50-25-10-7-21(8-11-25)19-49-37(48)41-23-13-20(3)17-44(18-23)35-28-16-40-33(32(39)34(28)42-36(47)43-35)27-15-24(45)14-22-9-12-29(38)26(5-2)31(22)27/h2,7-12,14-16,20,23,45H,4,6,13,17-19H2,1,3H3,(H,41,48)(H,42,43,47). The number of halogens is 2. The van der Waals surface area contributed by atoms with Gasteiger partial charge in [-0.3, -0.25) is 9.78 Å². The lowest BCUT2D eigenvalue weighted by Crippen LogP contribution is -2.51. The van der Waals surface area contributed by atoms with Crippen LogP contribution in [0.15, 0.2) is 59.5 Å². The molecular formula is C37H33F2N5O6. The zero-order valence-corrected chi connectivity index (χ0v) is 27.3. The minimum Gasteiger partial charge on any atom is -0.508 e. The van der Waals surface area contributed by atoms with Gasteiger partial charge in [-0.2, -0.15) is 4.98 Å². The third-order valence-electron chi connectivity index (χ3n) is 8.41. The minimum atomic E-state index is -0.919. The number of carbonyl (C=O) groups is 2. The van der Waals surface area contributed by atoms with Crippen LogP contribution in [-0.2, 0) is 16.1 Å². The average molecular weight is 682 g/mol. The molecule has 3 heterocycles. The van der Waals surface area contributed by atoms with Gasteiger partial charge in [0.05, 0.1) is 22.5 Å². The highest BCUT2D eigenvalue weighted by atomic mass is 19.1. The number of phenols is 1. The second kappa shape index (κ2) is 14.2. The Hall–Kier alpha value is -6.03. The molecule has 2 unspecified atom stereocenters. The molecule has 0 radical (unpaired) electrons. The summed E-state index contributed by atoms with van der Waals surface area (Å²) in [4.78, 5) is 50.0. The van der Waals surface area contributed by atoms with E-state index in [9.17, 15) is 23.9 Å². The van der Waals surface area contributed by atoms with Gasteiger partial charge in [0.25, 0.3) is 0 Å². The van der Waals surface area contributed by atoms with Crippen molar-refractivity contribution in [2.24, 2.45) is 5.92 Å². The third kappa shape index (κ3) is 7.05. The highest BCUT2D eigenvalue weighted by Crippen LogP contribution is 2.38. The normalized spacial score (nSPS) is 15.9. The average Bonchev–Trinajstić information content (AvgIpc) is 3.08. The Balaban J connectivity index is 1.22. The van der Waals surface area contributed by atoms with Crippen LogP contribution in [0.4, 0.5) is 19.4 Å². The van der Waals surface area contributed by atoms with E-state index in [4.69, 9.17) is 15.9 Å². The summed E-state index contributed by atoms with van der Waals surface area (Å²) in [5.74, 6) is 0.771. The number of aromatic hydroxyl groups is 1. The number of aromatic amines is 1. The molecule has 0 aliphatic carbocycles. The third-order valence-corrected chi connectivity index (χ3v) is 8.41. The summed E-state index contributed by atoms with van der Waals surface area (Å²) in [7, 11) is 0. The Morgan fingerprint density at radius 1 is 1.16 bits per heavy atom. The topological polar surface area (TPSA) is 147 Å². The van der Waals surface area contributed by atoms with Crippen LogP contribution in [0.3, 0.4) is 0 Å². The SMILES string of the molecule is C#Cc1c(F)ccc2cc(O)cc(-c3ncc4c(N5CC(C)CC(NC(=O)OCc6ccc(OC(=O)CCC)cc6)C5)nc(=O)[nH]c4c3F)c12. The number of terminal acetylenes is 1. The summed E-state index contributed by atoms with van der Waals surface area (Å²) in [6.45, 7) is 4.55. The van der Waals surface area contributed by atoms with Gasteiger partial charge in [0.15, 0.2) is 5.82 Å². The van der Waals surface area contributed by atoms with Gasteiger partial charge in [-0.15, -0.1) is 6.42 Å². The monoisotopic (exact) mass is 681 g/mol. The number of carbonyl (C=O) groups excluding carboxylic acids is 2. The van der Waals surface area contributed by atoms with E-state index in [1.54, 1.807) is 29.2 Å². The van der Waals surface area contributed by atoms with E-state index >= 15 is 4.39 Å². The number of esters is 1. The summed E-state index contributed by atoms with van der Waals surface area (Å²) in [6, 6.07) is 11.5. The first-order valence-electron chi connectivity index (χ1n) is 16.0. The molecule has 256 valence electrons. The van der Waals surface area contributed by atoms with Gasteiger partial charge in [0.2, 0.25) is 0 Å². The molecule has 0 bridgehead atoms. The summed E-state index contributed by atoms with van der Waals surface area (Å²) < 4.78 is 41.7. The predicted molar refractivity (Wildman–Crippen MR) is 183 cm³/mol. The molecule has 1 aliphatic rings. The van der Waals surface area contributed by atoms with Gasteiger partial charge < -0.3 is 29.8 Å². The molecule has 0 spiro atoms. The molecule has 0 saturated carbocycles. The molecular weight excluding hydrogens is 648 g/mol. The zero-order chi connectivity index (χ0) is 35.5. The molecule has 2 aromatic heterocycles. The lowest BCUT2D eigenvalue weighted by molar-refractivity contribution is -0.134. The molecule has 1 aliphatic heterocycles. The fourth-order valence-electron chi connectivity index (χ4n) is 6.28. The zero-order valence-electron chi connectivity index (χ0n) is 27.3. The van der Waals surface area contributed by atoms with Crippen LogP contribution in [-0.4, -0.2) is 51.3 Å². The first-order chi connectivity index (χ1) is 24.0. The van der Waals surface area contributed by atoms with Crippen LogP contribution in [0, 0.1) is 29.9 Å². The van der Waals surface area contributed by atoms with Gasteiger partial charge >= 0.3 is 17.8 Å². The summed E-state index contributed by atoms with van der Waals surface area (Å²) >= 11 is 0. The van der Waals surface area contributed by atoms with Crippen LogP contribution in [0.25, 0.3) is 32.9 Å². The number of benzene rings is 3. The minimum absolute atomic E-state index is 0.0154. The van der Waals surface area contributed by atoms with Gasteiger partial charge in [-0.1, -0.05) is 38.0 Å². The quantitative estimate of drug-likeness (QED) is 0.103. The van der Waals surface area contributed by atoms with E-state index in [1.807, 2.05) is 13.8 Å². The van der Waals surface area contributed by atoms with E-state index in [0.29, 0.717) is 42.5 Å². The van der Waals surface area contributed by atoms with Gasteiger partial charge in [0.1, 0.15) is 35.4 Å². The molecule has 13 heteroatoms. The van der Waals surface area contributed by atoms with Crippen molar-refractivity contribution in [1.82, 2.24) is 20.3 Å². The van der Waals surface area contributed by atoms with Crippen molar-refractivity contribution in [1.29, 1.82) is 0 Å². The lowest BCUT2D eigenvalue weighted by Gasteiger charge is -2.37. The molecule has 1 saturated heterocycles. The van der Waals surface area contributed by atoms with Crippen molar-refractivity contribution in [3.8, 4) is 35.1 Å². The van der Waals surface area contributed by atoms with E-state index < -0.39 is 29.5 Å². The van der Waals surface area contributed by atoms with E-state index in [-0.39, 0.29) is 69.7 Å². The molecule has 3 N–H and O–H groups in total. The number of H-pyrrole nitrogens is 1. The molecule has 5 aromatic rings. The number of ether oxygens (including phenoxy) is 2. The maximum absolute atomic E-state index is 16.3. The largest absolute Gasteiger partial charge is 0.508 e. The Morgan fingerprint density at radius 2 is 1.94 bits per heavy atom. The van der Waals surface area contributed by atoms with Crippen molar-refractivity contribution in [2.75, 3.05) is 18.0 Å². The maximum atomic E-state index is 16.3. The fraction of sp³-hybridized carbons (Fsp3) is 0.270. The first kappa shape index (κ1) is 33.9. The fourth-order valence-corrected chi connectivity index (χ4v) is 6.28. The summed E-state index contributed by atoms with van der Waals surface area (Å²) in [6.07, 6.45) is 7.91. The van der Waals surface area contributed by atoms with Crippen LogP contribution < -0.4 is 20.6 Å². The lowest BCUT2D eigenvalue weighted by atomic mass is 9.95. The molecule has 1 fully saturated rings. The van der Waals surface area contributed by atoms with Crippen molar-refractivity contribution < 1.29 is 33.0 Å². The highest BCUT2D eigenvalue weighted by Gasteiger charge is 2.30. The van der Waals surface area contributed by atoms with Crippen molar-refractivity contribution in [3.05, 3.63) is 88.0 Å². The molecule has 3 aromatic carbocycles. The number of aromatic nitrogens is 3. The number of alkyl carbamates (subject to hydrolysis) is 1. The molecule has 50 heavy (non-hydrogen) atoms. The number of nitrogens with one attached hydrogen (secondary N) is 2. The summed E-state index contributed by atoms with van der Waals surface area (Å²) in [5.41, 5.74) is -0.630. The van der Waals surface area contributed by atoms with Crippen LogP contribution >= 0.6 is 0 Å². The number of pyridine rings is 1. The molecule has 2 atom stereocenters. The number of nitrogens with zero attached hydrogens (tertiary/aromatic N) is 3. The molecule has 6 rings (SSSR count). The number of phenolic OH excluding ortho intramolecular Hbond substituents is 1. The van der Waals surface area contributed by atoms with Gasteiger partial charge in [-0.25, -0.2) is 18.4 Å². The van der Waals surface area contributed by atoms with Gasteiger partial charge in [0, 0.05) is 36.7 Å². The number of hydrogen-bond donors (Lipinski definition) is 3. The molecule has 1 amide bonds. The number of amides is 1. The van der Waals surface area contributed by atoms with Crippen LogP contribution in [0.1, 0.15) is 44.2 Å². The van der Waals surface area contributed by atoms with E-state index in [0.717, 1.165) is 6.07 Å². The Labute approximate surface area is 285 Å². The Kier molecular flexibility index (Phi) is 9.63. The number of hydrogen-bond acceptors (Lipinski definition) is 9. The second-order valence-corrected chi connectivity index (χ2v) is 12.3. The number of rotatable bonds is 8. The highest BCUT2D eigenvalue weighted by molar-refractivity contribution is 6.03. The van der Waals surface area contributed by atoms with Crippen molar-refractivity contribution in [2.45, 2.75) is 45.8 Å². The van der Waals surface area contributed by atoms with Gasteiger partial charge in [-0.05, 0) is 60.0 Å². The smallest absolute Gasteiger partial charge is 0.407 e. The van der Waals surface area contributed by atoms with Crippen molar-refractivity contribution in [3.63, 3.8) is 0 Å². The van der Waals surface area contributed by atoms with Crippen LogP contribution in [0.5, 0.6) is 11.5 Å². The predicted octanol–water partition coefficient (Wildman–Crippen LogP) is 5.95. The first-order valence-corrected chi connectivity index (χ1v) is 16.0. The van der Waals surface area contributed by atoms with E-state index in [2.05, 4.69) is 26.2 Å². The van der Waals surface area contributed by atoms with E-state index in [1.165, 1.54) is 24.4 Å². The van der Waals surface area contributed by atoms with Crippen molar-refractivity contribution >= 4 is 39.6 Å². The number of anilines is 1. The Bertz CT molecular complexity index is 2220.